The van der Waals surface area contributed by atoms with Crippen molar-refractivity contribution in [2.75, 3.05) is 11.5 Å². The third kappa shape index (κ3) is 4.28. The zero-order valence-electron chi connectivity index (χ0n) is 18.4. The average Bonchev–Trinajstić information content (AvgIpc) is 3.36. The topological polar surface area (TPSA) is 107 Å². The van der Waals surface area contributed by atoms with Gasteiger partial charge in [0, 0.05) is 11.8 Å². The van der Waals surface area contributed by atoms with E-state index in [9.17, 15) is 17.6 Å². The van der Waals surface area contributed by atoms with Gasteiger partial charge in [0.05, 0.1) is 52.1 Å². The van der Waals surface area contributed by atoms with Gasteiger partial charge in [-0.3, -0.25) is 9.78 Å². The third-order valence-electron chi connectivity index (χ3n) is 5.93. The summed E-state index contributed by atoms with van der Waals surface area (Å²) in [6.45, 7) is 2.01. The van der Waals surface area contributed by atoms with Crippen molar-refractivity contribution in [2.24, 2.45) is 0 Å². The van der Waals surface area contributed by atoms with Gasteiger partial charge in [0.25, 0.3) is 5.91 Å². The summed E-state index contributed by atoms with van der Waals surface area (Å²) < 4.78 is 39.3. The maximum atomic E-state index is 13.5. The molecule has 3 aromatic heterocycles. The van der Waals surface area contributed by atoms with Crippen molar-refractivity contribution in [2.45, 2.75) is 25.9 Å². The van der Waals surface area contributed by atoms with Crippen molar-refractivity contribution in [1.82, 2.24) is 25.1 Å². The van der Waals surface area contributed by atoms with Gasteiger partial charge in [-0.15, -0.1) is 0 Å². The lowest BCUT2D eigenvalue weighted by molar-refractivity contribution is 0.0952. The number of halogens is 1. The molecule has 0 aliphatic carbocycles. The number of nitrogens with one attached hydrogen (secondary N) is 1. The number of amides is 1. The van der Waals surface area contributed by atoms with Gasteiger partial charge in [-0.05, 0) is 55.8 Å². The van der Waals surface area contributed by atoms with Crippen LogP contribution in [0.5, 0.6) is 0 Å². The van der Waals surface area contributed by atoms with Crippen LogP contribution < -0.4 is 5.32 Å². The molecule has 0 bridgehead atoms. The van der Waals surface area contributed by atoms with E-state index >= 15 is 0 Å². The lowest BCUT2D eigenvalue weighted by Crippen LogP contribution is -2.24. The Morgan fingerprint density at radius 1 is 1.21 bits per heavy atom. The standard InChI is InChI=1S/C24H22FN5O3S/c1-15-22-20(24(31)27-13-18-4-2-3-10-26-18)12-21(16-5-7-17(25)8-6-16)28-23(22)30(29-15)19-9-11-34(32,33)14-19/h2-8,10,12,19H,9,11,13-14H2,1H3,(H,27,31)/t19-/m1/s1. The number of carbonyl (C=O) groups is 1. The third-order valence-corrected chi connectivity index (χ3v) is 7.68. The molecule has 0 unspecified atom stereocenters. The molecule has 1 aromatic carbocycles. The van der Waals surface area contributed by atoms with Crippen LogP contribution >= 0.6 is 0 Å². The highest BCUT2D eigenvalue weighted by atomic mass is 32.2. The number of nitrogens with zero attached hydrogens (tertiary/aromatic N) is 4. The minimum atomic E-state index is -3.15. The summed E-state index contributed by atoms with van der Waals surface area (Å²) in [5.41, 5.74) is 3.20. The SMILES string of the molecule is Cc1nn([C@@H]2CCS(=O)(=O)C2)c2nc(-c3ccc(F)cc3)cc(C(=O)NCc3ccccn3)c12. The van der Waals surface area contributed by atoms with Crippen molar-refractivity contribution >= 4 is 26.8 Å². The molecule has 1 amide bonds. The number of fused-ring (bicyclic) bond motifs is 1. The molecule has 0 radical (unpaired) electrons. The number of rotatable bonds is 5. The zero-order valence-corrected chi connectivity index (χ0v) is 19.2. The Morgan fingerprint density at radius 3 is 2.68 bits per heavy atom. The molecule has 1 aliphatic heterocycles. The Balaban J connectivity index is 1.62. The van der Waals surface area contributed by atoms with Crippen LogP contribution in [0.25, 0.3) is 22.3 Å². The van der Waals surface area contributed by atoms with E-state index in [0.717, 1.165) is 0 Å². The first kappa shape index (κ1) is 22.1. The van der Waals surface area contributed by atoms with Crippen LogP contribution in [0.2, 0.25) is 0 Å². The van der Waals surface area contributed by atoms with Crippen molar-refractivity contribution in [3.8, 4) is 11.3 Å². The molecule has 1 N–H and O–H groups in total. The Bertz CT molecular complexity index is 1480. The molecule has 4 heterocycles. The van der Waals surface area contributed by atoms with Gasteiger partial charge in [-0.25, -0.2) is 22.5 Å². The van der Waals surface area contributed by atoms with Gasteiger partial charge in [0.2, 0.25) is 0 Å². The molecular formula is C24H22FN5O3S. The summed E-state index contributed by atoms with van der Waals surface area (Å²) in [7, 11) is -3.15. The van der Waals surface area contributed by atoms with Gasteiger partial charge in [0.15, 0.2) is 15.5 Å². The van der Waals surface area contributed by atoms with Gasteiger partial charge in [-0.2, -0.15) is 5.10 Å². The highest BCUT2D eigenvalue weighted by Crippen LogP contribution is 2.32. The number of carbonyl (C=O) groups excluding carboxylic acids is 1. The van der Waals surface area contributed by atoms with E-state index in [-0.39, 0.29) is 35.8 Å². The molecule has 4 aromatic rings. The second kappa shape index (κ2) is 8.60. The number of pyridine rings is 2. The lowest BCUT2D eigenvalue weighted by Gasteiger charge is -2.12. The Hall–Kier alpha value is -3.66. The summed E-state index contributed by atoms with van der Waals surface area (Å²) in [6, 6.07) is 12.6. The first-order valence-corrected chi connectivity index (χ1v) is 12.7. The van der Waals surface area contributed by atoms with E-state index in [0.29, 0.717) is 45.7 Å². The highest BCUT2D eigenvalue weighted by molar-refractivity contribution is 7.91. The van der Waals surface area contributed by atoms with Crippen molar-refractivity contribution in [3.63, 3.8) is 0 Å². The Labute approximate surface area is 195 Å². The van der Waals surface area contributed by atoms with E-state index in [4.69, 9.17) is 4.98 Å². The summed E-state index contributed by atoms with van der Waals surface area (Å²) in [6.07, 6.45) is 2.09. The number of aromatic nitrogens is 4. The van der Waals surface area contributed by atoms with Gasteiger partial charge < -0.3 is 5.32 Å². The fourth-order valence-corrected chi connectivity index (χ4v) is 5.94. The lowest BCUT2D eigenvalue weighted by atomic mass is 10.0. The zero-order chi connectivity index (χ0) is 23.9. The van der Waals surface area contributed by atoms with Crippen LogP contribution in [-0.2, 0) is 16.4 Å². The normalized spacial score (nSPS) is 17.2. The Morgan fingerprint density at radius 2 is 2.00 bits per heavy atom. The minimum absolute atomic E-state index is 0.0210. The molecule has 5 rings (SSSR count). The number of aryl methyl sites for hydroxylation is 1. The Kier molecular flexibility index (Phi) is 5.60. The first-order valence-electron chi connectivity index (χ1n) is 10.8. The van der Waals surface area contributed by atoms with Crippen LogP contribution in [0, 0.1) is 12.7 Å². The van der Waals surface area contributed by atoms with Crippen molar-refractivity contribution < 1.29 is 17.6 Å². The van der Waals surface area contributed by atoms with Crippen LogP contribution in [0.3, 0.4) is 0 Å². The molecule has 10 heteroatoms. The molecule has 174 valence electrons. The molecule has 1 aliphatic rings. The number of sulfone groups is 1. The summed E-state index contributed by atoms with van der Waals surface area (Å²) >= 11 is 0. The van der Waals surface area contributed by atoms with Crippen LogP contribution in [-0.4, -0.2) is 45.6 Å². The molecule has 1 saturated heterocycles. The predicted molar refractivity (Wildman–Crippen MR) is 125 cm³/mol. The average molecular weight is 480 g/mol. The second-order valence-corrected chi connectivity index (χ2v) is 10.6. The van der Waals surface area contributed by atoms with Crippen LogP contribution in [0.1, 0.15) is 34.2 Å². The highest BCUT2D eigenvalue weighted by Gasteiger charge is 2.32. The maximum absolute atomic E-state index is 13.5. The summed E-state index contributed by atoms with van der Waals surface area (Å²) in [5, 5.41) is 8.04. The number of hydrogen-bond acceptors (Lipinski definition) is 6. The van der Waals surface area contributed by atoms with E-state index in [1.54, 1.807) is 42.1 Å². The molecule has 8 nitrogen and oxygen atoms in total. The predicted octanol–water partition coefficient (Wildman–Crippen LogP) is 3.23. The van der Waals surface area contributed by atoms with Gasteiger partial charge in [-0.1, -0.05) is 6.07 Å². The number of benzene rings is 1. The molecule has 0 saturated carbocycles. The van der Waals surface area contributed by atoms with E-state index in [2.05, 4.69) is 15.4 Å². The van der Waals surface area contributed by atoms with E-state index in [1.807, 2.05) is 12.1 Å². The summed E-state index contributed by atoms with van der Waals surface area (Å²) in [5.74, 6) is -0.640. The maximum Gasteiger partial charge on any atom is 0.252 e. The largest absolute Gasteiger partial charge is 0.346 e. The van der Waals surface area contributed by atoms with Crippen LogP contribution in [0.15, 0.2) is 54.7 Å². The molecule has 0 spiro atoms. The first-order chi connectivity index (χ1) is 16.3. The van der Waals surface area contributed by atoms with Crippen molar-refractivity contribution in [1.29, 1.82) is 0 Å². The molecule has 34 heavy (non-hydrogen) atoms. The smallest absolute Gasteiger partial charge is 0.252 e. The minimum Gasteiger partial charge on any atom is -0.346 e. The molecule has 1 fully saturated rings. The molecule has 1 atom stereocenters. The summed E-state index contributed by atoms with van der Waals surface area (Å²) in [4.78, 5) is 22.3. The fourth-order valence-electron chi connectivity index (χ4n) is 4.25. The monoisotopic (exact) mass is 479 g/mol. The van der Waals surface area contributed by atoms with E-state index in [1.165, 1.54) is 12.1 Å². The van der Waals surface area contributed by atoms with Crippen LogP contribution in [0.4, 0.5) is 4.39 Å². The van der Waals surface area contributed by atoms with Crippen molar-refractivity contribution in [3.05, 3.63) is 77.5 Å². The molecular weight excluding hydrogens is 457 g/mol. The second-order valence-electron chi connectivity index (χ2n) is 8.35. The van der Waals surface area contributed by atoms with Gasteiger partial charge >= 0.3 is 0 Å². The fraction of sp³-hybridized carbons (Fsp3) is 0.250. The van der Waals surface area contributed by atoms with Gasteiger partial charge in [0.1, 0.15) is 5.82 Å². The van der Waals surface area contributed by atoms with E-state index < -0.39 is 9.84 Å². The number of hydrogen-bond donors (Lipinski definition) is 1. The quantitative estimate of drug-likeness (QED) is 0.471.